The van der Waals surface area contributed by atoms with Crippen LogP contribution < -0.4 is 9.64 Å². The number of hydrogen-bond donors (Lipinski definition) is 0. The lowest BCUT2D eigenvalue weighted by atomic mass is 10.1. The summed E-state index contributed by atoms with van der Waals surface area (Å²) in [5.41, 5.74) is 0. The molecule has 0 amide bonds. The molecule has 9 heteroatoms. The van der Waals surface area contributed by atoms with Crippen LogP contribution in [0, 0.1) is 0 Å². The standard InChI is InChI=1S/C15H25N5O3S/c1-18(2)14-15(17-8-7-16-14)23-13-6-5-11-20(12-13)24(21,22)19-9-3-4-10-19/h7-8,13H,3-6,9-12H2,1-2H3. The van der Waals surface area contributed by atoms with Gasteiger partial charge in [0.2, 0.25) is 0 Å². The van der Waals surface area contributed by atoms with E-state index < -0.39 is 10.2 Å². The highest BCUT2D eigenvalue weighted by molar-refractivity contribution is 7.86. The fourth-order valence-corrected chi connectivity index (χ4v) is 4.92. The van der Waals surface area contributed by atoms with Gasteiger partial charge in [-0.3, -0.25) is 0 Å². The first-order valence-corrected chi connectivity index (χ1v) is 9.78. The Kier molecular flexibility index (Phi) is 5.21. The Morgan fingerprint density at radius 3 is 2.46 bits per heavy atom. The maximum atomic E-state index is 12.7. The fourth-order valence-electron chi connectivity index (χ4n) is 3.16. The molecule has 0 N–H and O–H groups in total. The van der Waals surface area contributed by atoms with Crippen molar-refractivity contribution in [2.24, 2.45) is 0 Å². The molecule has 1 aromatic rings. The van der Waals surface area contributed by atoms with Crippen molar-refractivity contribution < 1.29 is 13.2 Å². The van der Waals surface area contributed by atoms with Crippen molar-refractivity contribution >= 4 is 16.0 Å². The first kappa shape index (κ1) is 17.4. The van der Waals surface area contributed by atoms with Gasteiger partial charge in [-0.05, 0) is 25.7 Å². The Bertz CT molecular complexity index is 661. The quantitative estimate of drug-likeness (QED) is 0.775. The number of piperidine rings is 1. The van der Waals surface area contributed by atoms with Gasteiger partial charge < -0.3 is 9.64 Å². The van der Waals surface area contributed by atoms with E-state index in [-0.39, 0.29) is 6.10 Å². The second-order valence-electron chi connectivity index (χ2n) is 6.43. The van der Waals surface area contributed by atoms with E-state index in [4.69, 9.17) is 4.74 Å². The van der Waals surface area contributed by atoms with Crippen molar-refractivity contribution in [3.05, 3.63) is 12.4 Å². The molecule has 1 aromatic heterocycles. The molecule has 134 valence electrons. The van der Waals surface area contributed by atoms with E-state index in [2.05, 4.69) is 9.97 Å². The minimum absolute atomic E-state index is 0.202. The van der Waals surface area contributed by atoms with Gasteiger partial charge in [-0.1, -0.05) is 0 Å². The third kappa shape index (κ3) is 3.62. The Balaban J connectivity index is 1.70. The van der Waals surface area contributed by atoms with Gasteiger partial charge in [0.15, 0.2) is 5.82 Å². The fraction of sp³-hybridized carbons (Fsp3) is 0.733. The first-order chi connectivity index (χ1) is 11.5. The Hall–Kier alpha value is -1.45. The predicted octanol–water partition coefficient (Wildman–Crippen LogP) is 0.726. The summed E-state index contributed by atoms with van der Waals surface area (Å²) in [7, 11) is 0.381. The molecule has 2 aliphatic heterocycles. The summed E-state index contributed by atoms with van der Waals surface area (Å²) in [6.07, 6.45) is 6.49. The predicted molar refractivity (Wildman–Crippen MR) is 91.3 cm³/mol. The van der Waals surface area contributed by atoms with Crippen LogP contribution >= 0.6 is 0 Å². The van der Waals surface area contributed by atoms with Crippen molar-refractivity contribution in [3.63, 3.8) is 0 Å². The summed E-state index contributed by atoms with van der Waals surface area (Å²) >= 11 is 0. The third-order valence-corrected chi connectivity index (χ3v) is 6.41. The minimum Gasteiger partial charge on any atom is -0.470 e. The molecule has 2 fully saturated rings. The lowest BCUT2D eigenvalue weighted by Crippen LogP contribution is -2.49. The maximum absolute atomic E-state index is 12.7. The van der Waals surface area contributed by atoms with Gasteiger partial charge in [-0.25, -0.2) is 9.97 Å². The summed E-state index contributed by atoms with van der Waals surface area (Å²) in [5, 5.41) is 0. The van der Waals surface area contributed by atoms with Crippen LogP contribution in [0.25, 0.3) is 0 Å². The van der Waals surface area contributed by atoms with Crippen molar-refractivity contribution in [3.8, 4) is 5.88 Å². The normalized spacial score (nSPS) is 23.3. The lowest BCUT2D eigenvalue weighted by Gasteiger charge is -2.34. The molecule has 2 aliphatic rings. The number of rotatable bonds is 5. The Morgan fingerprint density at radius 1 is 1.08 bits per heavy atom. The average Bonchev–Trinajstić information content (AvgIpc) is 3.11. The molecule has 0 aliphatic carbocycles. The van der Waals surface area contributed by atoms with Gasteiger partial charge >= 0.3 is 0 Å². The maximum Gasteiger partial charge on any atom is 0.282 e. The molecular weight excluding hydrogens is 330 g/mol. The number of ether oxygens (including phenoxy) is 1. The van der Waals surface area contributed by atoms with Gasteiger partial charge in [-0.15, -0.1) is 0 Å². The molecular formula is C15H25N5O3S. The molecule has 0 spiro atoms. The van der Waals surface area contributed by atoms with E-state index in [1.54, 1.807) is 21.0 Å². The van der Waals surface area contributed by atoms with Crippen LogP contribution in [0.3, 0.4) is 0 Å². The molecule has 0 saturated carbocycles. The highest BCUT2D eigenvalue weighted by Crippen LogP contribution is 2.26. The average molecular weight is 355 g/mol. The molecule has 0 bridgehead atoms. The van der Waals surface area contributed by atoms with Gasteiger partial charge in [0.05, 0.1) is 6.54 Å². The topological polar surface area (TPSA) is 78.9 Å². The molecule has 0 radical (unpaired) electrons. The number of anilines is 1. The number of aromatic nitrogens is 2. The highest BCUT2D eigenvalue weighted by Gasteiger charge is 2.35. The molecule has 3 heterocycles. The van der Waals surface area contributed by atoms with Gasteiger partial charge in [0, 0.05) is 46.1 Å². The van der Waals surface area contributed by atoms with Crippen LogP contribution in [-0.2, 0) is 10.2 Å². The number of hydrogen-bond acceptors (Lipinski definition) is 6. The second-order valence-corrected chi connectivity index (χ2v) is 8.36. The van der Waals surface area contributed by atoms with Gasteiger partial charge in [-0.2, -0.15) is 17.0 Å². The van der Waals surface area contributed by atoms with Crippen molar-refractivity contribution in [2.45, 2.75) is 31.8 Å². The van der Waals surface area contributed by atoms with E-state index in [1.165, 1.54) is 0 Å². The van der Waals surface area contributed by atoms with Gasteiger partial charge in [0.1, 0.15) is 6.10 Å². The molecule has 2 saturated heterocycles. The lowest BCUT2D eigenvalue weighted by molar-refractivity contribution is 0.121. The van der Waals surface area contributed by atoms with Crippen LogP contribution in [0.15, 0.2) is 12.4 Å². The largest absolute Gasteiger partial charge is 0.470 e. The zero-order valence-corrected chi connectivity index (χ0v) is 15.1. The molecule has 1 atom stereocenters. The van der Waals surface area contributed by atoms with Crippen molar-refractivity contribution in [1.82, 2.24) is 18.6 Å². The van der Waals surface area contributed by atoms with E-state index in [0.29, 0.717) is 37.9 Å². The summed E-state index contributed by atoms with van der Waals surface area (Å²) in [6.45, 7) is 2.17. The van der Waals surface area contributed by atoms with E-state index in [9.17, 15) is 8.42 Å². The van der Waals surface area contributed by atoms with Crippen LogP contribution in [0.2, 0.25) is 0 Å². The van der Waals surface area contributed by atoms with E-state index >= 15 is 0 Å². The molecule has 8 nitrogen and oxygen atoms in total. The van der Waals surface area contributed by atoms with Gasteiger partial charge in [0.25, 0.3) is 16.1 Å². The monoisotopic (exact) mass is 355 g/mol. The van der Waals surface area contributed by atoms with E-state index in [0.717, 1.165) is 25.7 Å². The van der Waals surface area contributed by atoms with Crippen LogP contribution in [-0.4, -0.2) is 73.4 Å². The number of nitrogens with zero attached hydrogens (tertiary/aromatic N) is 5. The van der Waals surface area contributed by atoms with Crippen LogP contribution in [0.5, 0.6) is 5.88 Å². The van der Waals surface area contributed by atoms with Crippen LogP contribution in [0.1, 0.15) is 25.7 Å². The van der Waals surface area contributed by atoms with E-state index in [1.807, 2.05) is 19.0 Å². The Labute approximate surface area is 143 Å². The smallest absolute Gasteiger partial charge is 0.282 e. The summed E-state index contributed by atoms with van der Waals surface area (Å²) in [5.74, 6) is 1.10. The first-order valence-electron chi connectivity index (χ1n) is 8.38. The third-order valence-electron chi connectivity index (χ3n) is 4.41. The summed E-state index contributed by atoms with van der Waals surface area (Å²) < 4.78 is 34.6. The zero-order chi connectivity index (χ0) is 17.2. The highest BCUT2D eigenvalue weighted by atomic mass is 32.2. The Morgan fingerprint density at radius 2 is 1.75 bits per heavy atom. The van der Waals surface area contributed by atoms with Crippen molar-refractivity contribution in [2.75, 3.05) is 45.2 Å². The molecule has 3 rings (SSSR count). The molecule has 0 aromatic carbocycles. The summed E-state index contributed by atoms with van der Waals surface area (Å²) in [4.78, 5) is 10.4. The minimum atomic E-state index is -3.37. The zero-order valence-electron chi connectivity index (χ0n) is 14.3. The van der Waals surface area contributed by atoms with Crippen LogP contribution in [0.4, 0.5) is 5.82 Å². The molecule has 1 unspecified atom stereocenters. The molecule has 24 heavy (non-hydrogen) atoms. The SMILES string of the molecule is CN(C)c1nccnc1OC1CCCN(S(=O)(=O)N2CCCC2)C1. The van der Waals surface area contributed by atoms with Crippen molar-refractivity contribution in [1.29, 1.82) is 0 Å². The summed E-state index contributed by atoms with van der Waals surface area (Å²) in [6, 6.07) is 0. The second kappa shape index (κ2) is 7.20.